The Labute approximate surface area is 111 Å². The van der Waals surface area contributed by atoms with E-state index in [9.17, 15) is 4.79 Å². The zero-order valence-corrected chi connectivity index (χ0v) is 11.8. The smallest absolute Gasteiger partial charge is 0.307 e. The van der Waals surface area contributed by atoms with Crippen LogP contribution >= 0.6 is 11.3 Å². The van der Waals surface area contributed by atoms with Crippen LogP contribution in [0, 0.1) is 6.92 Å². The van der Waals surface area contributed by atoms with Crippen LogP contribution in [0.15, 0.2) is 16.4 Å². The number of rotatable bonds is 5. The molecule has 0 atom stereocenters. The molecule has 0 aliphatic heterocycles. The summed E-state index contributed by atoms with van der Waals surface area (Å²) in [5.74, 6) is 0.457. The van der Waals surface area contributed by atoms with Gasteiger partial charge in [0.25, 0.3) is 0 Å². The summed E-state index contributed by atoms with van der Waals surface area (Å²) in [4.78, 5) is 16.3. The number of hydrogen-bond donors (Lipinski definition) is 2. The molecular weight excluding hydrogens is 250 g/mol. The number of carbonyl (C=O) groups is 1. The van der Waals surface area contributed by atoms with Crippen LogP contribution in [0.25, 0.3) is 0 Å². The van der Waals surface area contributed by atoms with Gasteiger partial charge in [0.15, 0.2) is 5.96 Å². The predicted molar refractivity (Wildman–Crippen MR) is 73.9 cm³/mol. The minimum atomic E-state index is -0.230. The molecule has 0 saturated carbocycles. The molecule has 18 heavy (non-hydrogen) atoms. The number of ether oxygens (including phenoxy) is 1. The van der Waals surface area contributed by atoms with Crippen LogP contribution in [-0.4, -0.2) is 32.6 Å². The fourth-order valence-electron chi connectivity index (χ4n) is 1.35. The first-order valence-electron chi connectivity index (χ1n) is 5.71. The number of carbonyl (C=O) groups excluding carboxylic acids is 1. The highest BCUT2D eigenvalue weighted by Gasteiger charge is 2.03. The molecule has 0 radical (unpaired) electrons. The third kappa shape index (κ3) is 4.75. The van der Waals surface area contributed by atoms with Gasteiger partial charge in [-0.2, -0.15) is 0 Å². The Balaban J connectivity index is 2.30. The second-order valence-corrected chi connectivity index (χ2v) is 4.71. The lowest BCUT2D eigenvalue weighted by Gasteiger charge is -2.11. The lowest BCUT2D eigenvalue weighted by molar-refractivity contribution is -0.140. The van der Waals surface area contributed by atoms with Crippen molar-refractivity contribution in [3.05, 3.63) is 21.9 Å². The minimum absolute atomic E-state index is 0.230. The first-order chi connectivity index (χ1) is 8.67. The lowest BCUT2D eigenvalue weighted by atomic mass is 10.3. The van der Waals surface area contributed by atoms with Gasteiger partial charge in [0.1, 0.15) is 0 Å². The van der Waals surface area contributed by atoms with Gasteiger partial charge in [0, 0.05) is 18.5 Å². The van der Waals surface area contributed by atoms with Gasteiger partial charge in [-0.1, -0.05) is 0 Å². The van der Waals surface area contributed by atoms with Crippen LogP contribution in [0.1, 0.15) is 16.9 Å². The highest BCUT2D eigenvalue weighted by atomic mass is 32.1. The van der Waals surface area contributed by atoms with Gasteiger partial charge < -0.3 is 15.4 Å². The molecule has 5 nitrogen and oxygen atoms in total. The van der Waals surface area contributed by atoms with Crippen molar-refractivity contribution in [3.8, 4) is 0 Å². The number of hydrogen-bond acceptors (Lipinski definition) is 4. The summed E-state index contributed by atoms with van der Waals surface area (Å²) >= 11 is 1.71. The third-order valence-corrected chi connectivity index (χ3v) is 3.48. The third-order valence-electron chi connectivity index (χ3n) is 2.46. The highest BCUT2D eigenvalue weighted by Crippen LogP contribution is 2.14. The number of thiophene rings is 1. The average molecular weight is 269 g/mol. The Morgan fingerprint density at radius 3 is 2.83 bits per heavy atom. The van der Waals surface area contributed by atoms with Gasteiger partial charge in [-0.3, -0.25) is 9.79 Å². The van der Waals surface area contributed by atoms with Crippen molar-refractivity contribution >= 4 is 23.3 Å². The minimum Gasteiger partial charge on any atom is -0.469 e. The Bertz CT molecular complexity index is 415. The highest BCUT2D eigenvalue weighted by molar-refractivity contribution is 7.10. The van der Waals surface area contributed by atoms with Gasteiger partial charge in [-0.25, -0.2) is 0 Å². The number of aliphatic imine (C=N–C) groups is 1. The fourth-order valence-corrected chi connectivity index (χ4v) is 2.20. The van der Waals surface area contributed by atoms with E-state index in [0.717, 1.165) is 6.54 Å². The molecule has 0 aliphatic rings. The molecule has 0 aromatic carbocycles. The van der Waals surface area contributed by atoms with Crippen LogP contribution < -0.4 is 10.6 Å². The quantitative estimate of drug-likeness (QED) is 0.480. The molecule has 0 fully saturated rings. The second-order valence-electron chi connectivity index (χ2n) is 3.71. The molecule has 1 aromatic heterocycles. The largest absolute Gasteiger partial charge is 0.469 e. The molecule has 0 aliphatic carbocycles. The molecule has 1 aromatic rings. The van der Waals surface area contributed by atoms with Gasteiger partial charge >= 0.3 is 5.97 Å². The Morgan fingerprint density at radius 1 is 1.50 bits per heavy atom. The first kappa shape index (κ1) is 14.5. The normalized spacial score (nSPS) is 11.2. The van der Waals surface area contributed by atoms with Gasteiger partial charge in [-0.15, -0.1) is 11.3 Å². The molecule has 0 spiro atoms. The van der Waals surface area contributed by atoms with Gasteiger partial charge in [0.2, 0.25) is 0 Å². The van der Waals surface area contributed by atoms with Crippen molar-refractivity contribution in [2.24, 2.45) is 4.99 Å². The molecule has 0 bridgehead atoms. The Morgan fingerprint density at radius 2 is 2.28 bits per heavy atom. The number of methoxy groups -OCH3 is 1. The van der Waals surface area contributed by atoms with Crippen LogP contribution in [0.2, 0.25) is 0 Å². The first-order valence-corrected chi connectivity index (χ1v) is 6.59. The molecule has 2 N–H and O–H groups in total. The van der Waals surface area contributed by atoms with Gasteiger partial charge in [0.05, 0.1) is 20.1 Å². The molecule has 1 heterocycles. The maximum atomic E-state index is 11.0. The van der Waals surface area contributed by atoms with E-state index in [1.807, 2.05) is 0 Å². The fraction of sp³-hybridized carbons (Fsp3) is 0.500. The lowest BCUT2D eigenvalue weighted by Crippen LogP contribution is -2.37. The van der Waals surface area contributed by atoms with E-state index in [-0.39, 0.29) is 5.97 Å². The van der Waals surface area contributed by atoms with Crippen molar-refractivity contribution in [3.63, 3.8) is 0 Å². The number of nitrogens with one attached hydrogen (secondary N) is 2. The molecule has 0 saturated heterocycles. The second kappa shape index (κ2) is 7.71. The van der Waals surface area contributed by atoms with E-state index < -0.39 is 0 Å². The van der Waals surface area contributed by atoms with E-state index in [4.69, 9.17) is 0 Å². The van der Waals surface area contributed by atoms with Crippen molar-refractivity contribution in [2.45, 2.75) is 19.9 Å². The molecule has 0 amide bonds. The van der Waals surface area contributed by atoms with Crippen LogP contribution in [0.3, 0.4) is 0 Å². The monoisotopic (exact) mass is 269 g/mol. The standard InChI is InChI=1S/C12H19N3O2S/c1-9-5-7-18-10(9)8-15-12(13-2)14-6-4-11(16)17-3/h5,7H,4,6,8H2,1-3H3,(H2,13,14,15). The van der Waals surface area contributed by atoms with E-state index in [2.05, 4.69) is 38.7 Å². The molecule has 100 valence electrons. The zero-order valence-electron chi connectivity index (χ0n) is 10.9. The average Bonchev–Trinajstić information content (AvgIpc) is 2.78. The van der Waals surface area contributed by atoms with Crippen LogP contribution in [0.5, 0.6) is 0 Å². The number of guanidine groups is 1. The van der Waals surface area contributed by atoms with Crippen molar-refractivity contribution in [1.82, 2.24) is 10.6 Å². The van der Waals surface area contributed by atoms with Crippen molar-refractivity contribution in [1.29, 1.82) is 0 Å². The molecule has 1 rings (SSSR count). The SMILES string of the molecule is CN=C(NCCC(=O)OC)NCc1sccc1C. The molecule has 6 heteroatoms. The summed E-state index contributed by atoms with van der Waals surface area (Å²) in [6.45, 7) is 3.33. The summed E-state index contributed by atoms with van der Waals surface area (Å²) in [7, 11) is 3.09. The van der Waals surface area contributed by atoms with E-state index in [1.165, 1.54) is 17.6 Å². The van der Waals surface area contributed by atoms with E-state index in [0.29, 0.717) is 18.9 Å². The summed E-state index contributed by atoms with van der Waals surface area (Å²) in [5.41, 5.74) is 1.28. The Hall–Kier alpha value is -1.56. The van der Waals surface area contributed by atoms with Crippen molar-refractivity contribution in [2.75, 3.05) is 20.7 Å². The summed E-state index contributed by atoms with van der Waals surface area (Å²) in [6.07, 6.45) is 0.329. The summed E-state index contributed by atoms with van der Waals surface area (Å²) in [5, 5.41) is 8.33. The zero-order chi connectivity index (χ0) is 13.4. The summed E-state index contributed by atoms with van der Waals surface area (Å²) < 4.78 is 4.56. The Kier molecular flexibility index (Phi) is 6.21. The van der Waals surface area contributed by atoms with Gasteiger partial charge in [-0.05, 0) is 23.9 Å². The number of esters is 1. The van der Waals surface area contributed by atoms with E-state index in [1.54, 1.807) is 18.4 Å². The molecular formula is C12H19N3O2S. The van der Waals surface area contributed by atoms with Crippen molar-refractivity contribution < 1.29 is 9.53 Å². The number of aryl methyl sites for hydroxylation is 1. The summed E-state index contributed by atoms with van der Waals surface area (Å²) in [6, 6.07) is 2.09. The maximum absolute atomic E-state index is 11.0. The number of nitrogens with zero attached hydrogens (tertiary/aromatic N) is 1. The van der Waals surface area contributed by atoms with E-state index >= 15 is 0 Å². The van der Waals surface area contributed by atoms with Crippen LogP contribution in [-0.2, 0) is 16.1 Å². The maximum Gasteiger partial charge on any atom is 0.307 e. The predicted octanol–water partition coefficient (Wildman–Crippen LogP) is 1.28. The molecule has 0 unspecified atom stereocenters. The van der Waals surface area contributed by atoms with Crippen LogP contribution in [0.4, 0.5) is 0 Å². The topological polar surface area (TPSA) is 62.7 Å².